The number of anilines is 1. The number of carbonyl (C=O) groups excluding carboxylic acids is 2. The summed E-state index contributed by atoms with van der Waals surface area (Å²) in [5.41, 5.74) is 3.87. The van der Waals surface area contributed by atoms with E-state index in [1.165, 1.54) is 29.2 Å². The Morgan fingerprint density at radius 3 is 2.38 bits per heavy atom. The van der Waals surface area contributed by atoms with E-state index in [0.29, 0.717) is 11.4 Å². The molecular formula is C13H14N4O4. The Morgan fingerprint density at radius 2 is 1.86 bits per heavy atom. The molecule has 0 bridgehead atoms. The van der Waals surface area contributed by atoms with Crippen molar-refractivity contribution in [2.45, 2.75) is 19.8 Å². The monoisotopic (exact) mass is 290 g/mol. The van der Waals surface area contributed by atoms with E-state index in [4.69, 9.17) is 0 Å². The zero-order chi connectivity index (χ0) is 15.4. The molecule has 8 heteroatoms. The molecule has 0 aromatic heterocycles. The molecule has 0 spiro atoms. The third-order valence-electron chi connectivity index (χ3n) is 3.00. The van der Waals surface area contributed by atoms with Gasteiger partial charge in [-0.2, -0.15) is 5.10 Å². The van der Waals surface area contributed by atoms with Gasteiger partial charge >= 0.3 is 0 Å². The van der Waals surface area contributed by atoms with Crippen LogP contribution in [-0.2, 0) is 9.59 Å². The summed E-state index contributed by atoms with van der Waals surface area (Å²) in [6, 6.07) is 5.78. The first-order valence-electron chi connectivity index (χ1n) is 6.34. The summed E-state index contributed by atoms with van der Waals surface area (Å²) in [5, 5.41) is 14.6. The van der Waals surface area contributed by atoms with E-state index in [2.05, 4.69) is 10.5 Å². The number of hydrazone groups is 1. The summed E-state index contributed by atoms with van der Waals surface area (Å²) in [5.74, 6) is -0.380. The second-order valence-corrected chi connectivity index (χ2v) is 4.64. The largest absolute Gasteiger partial charge is 0.279 e. The van der Waals surface area contributed by atoms with Gasteiger partial charge in [0.15, 0.2) is 0 Å². The Bertz CT molecular complexity index is 593. The number of nitro groups is 1. The molecule has 110 valence electrons. The van der Waals surface area contributed by atoms with E-state index in [1.54, 1.807) is 6.92 Å². The molecule has 1 saturated heterocycles. The number of nitro benzene ring substituents is 1. The van der Waals surface area contributed by atoms with Crippen molar-refractivity contribution in [3.63, 3.8) is 0 Å². The number of hydrogen-bond acceptors (Lipinski definition) is 6. The Balaban J connectivity index is 1.95. The molecule has 1 aromatic rings. The molecule has 1 aromatic carbocycles. The average molecular weight is 290 g/mol. The van der Waals surface area contributed by atoms with Gasteiger partial charge in [-0.25, -0.2) is 0 Å². The van der Waals surface area contributed by atoms with Gasteiger partial charge in [-0.3, -0.25) is 30.0 Å². The highest BCUT2D eigenvalue weighted by Crippen LogP contribution is 2.15. The van der Waals surface area contributed by atoms with Crippen molar-refractivity contribution in [1.82, 2.24) is 4.90 Å². The van der Waals surface area contributed by atoms with Crippen LogP contribution in [-0.4, -0.2) is 33.9 Å². The van der Waals surface area contributed by atoms with Gasteiger partial charge in [0.25, 0.3) is 5.69 Å². The number of non-ortho nitro benzene ring substituents is 1. The lowest BCUT2D eigenvalue weighted by Crippen LogP contribution is -2.33. The van der Waals surface area contributed by atoms with Crippen molar-refractivity contribution in [3.8, 4) is 0 Å². The second kappa shape index (κ2) is 6.12. The van der Waals surface area contributed by atoms with E-state index >= 15 is 0 Å². The number of rotatable bonds is 5. The fourth-order valence-electron chi connectivity index (χ4n) is 1.88. The number of likely N-dealkylation sites (tertiary alicyclic amines) is 1. The normalized spacial score (nSPS) is 15.5. The van der Waals surface area contributed by atoms with Crippen molar-refractivity contribution >= 4 is 28.9 Å². The van der Waals surface area contributed by atoms with Crippen LogP contribution in [0.15, 0.2) is 29.4 Å². The van der Waals surface area contributed by atoms with E-state index in [0.717, 1.165) is 0 Å². The van der Waals surface area contributed by atoms with Crippen molar-refractivity contribution in [2.24, 2.45) is 5.10 Å². The van der Waals surface area contributed by atoms with Gasteiger partial charge in [0, 0.05) is 25.0 Å². The maximum Gasteiger partial charge on any atom is 0.269 e. The fraction of sp³-hybridized carbons (Fsp3) is 0.308. The lowest BCUT2D eigenvalue weighted by atomic mass is 10.3. The van der Waals surface area contributed by atoms with E-state index in [-0.39, 0.29) is 36.9 Å². The molecule has 0 unspecified atom stereocenters. The highest BCUT2D eigenvalue weighted by atomic mass is 16.6. The summed E-state index contributed by atoms with van der Waals surface area (Å²) in [6.07, 6.45) is 0.504. The Morgan fingerprint density at radius 1 is 1.29 bits per heavy atom. The molecule has 0 radical (unpaired) electrons. The Labute approximate surface area is 120 Å². The molecule has 21 heavy (non-hydrogen) atoms. The van der Waals surface area contributed by atoms with Crippen LogP contribution >= 0.6 is 0 Å². The van der Waals surface area contributed by atoms with Gasteiger partial charge in [0.2, 0.25) is 11.8 Å². The van der Waals surface area contributed by atoms with Gasteiger partial charge < -0.3 is 0 Å². The third-order valence-corrected chi connectivity index (χ3v) is 3.00. The molecule has 1 fully saturated rings. The van der Waals surface area contributed by atoms with Gasteiger partial charge in [-0.15, -0.1) is 0 Å². The SMILES string of the molecule is CC(CN1C(=O)CCC1=O)=NNc1ccc([N+](=O)[O-])cc1. The highest BCUT2D eigenvalue weighted by Gasteiger charge is 2.28. The second-order valence-electron chi connectivity index (χ2n) is 4.64. The summed E-state index contributed by atoms with van der Waals surface area (Å²) in [6.45, 7) is 1.84. The molecule has 1 aliphatic rings. The average Bonchev–Trinajstić information content (AvgIpc) is 2.77. The maximum absolute atomic E-state index is 11.5. The minimum atomic E-state index is -0.483. The third kappa shape index (κ3) is 3.62. The van der Waals surface area contributed by atoms with Crippen LogP contribution < -0.4 is 5.43 Å². The first-order valence-corrected chi connectivity index (χ1v) is 6.34. The highest BCUT2D eigenvalue weighted by molar-refractivity contribution is 6.05. The minimum absolute atomic E-state index is 0.00508. The Hall–Kier alpha value is -2.77. The quantitative estimate of drug-likeness (QED) is 0.383. The lowest BCUT2D eigenvalue weighted by Gasteiger charge is -2.13. The van der Waals surface area contributed by atoms with Crippen LogP contribution in [0.25, 0.3) is 0 Å². The van der Waals surface area contributed by atoms with Gasteiger partial charge in [-0.05, 0) is 19.1 Å². The lowest BCUT2D eigenvalue weighted by molar-refractivity contribution is -0.384. The smallest absolute Gasteiger partial charge is 0.269 e. The predicted molar refractivity (Wildman–Crippen MR) is 75.8 cm³/mol. The number of carbonyl (C=O) groups is 2. The topological polar surface area (TPSA) is 105 Å². The molecule has 8 nitrogen and oxygen atoms in total. The summed E-state index contributed by atoms with van der Waals surface area (Å²) >= 11 is 0. The first kappa shape index (κ1) is 14.6. The van der Waals surface area contributed by atoms with Crippen LogP contribution in [0.3, 0.4) is 0 Å². The van der Waals surface area contributed by atoms with E-state index in [1.807, 2.05) is 0 Å². The predicted octanol–water partition coefficient (Wildman–Crippen LogP) is 1.53. The molecule has 0 aliphatic carbocycles. The van der Waals surface area contributed by atoms with Crippen molar-refractivity contribution < 1.29 is 14.5 Å². The van der Waals surface area contributed by atoms with Crippen molar-refractivity contribution in [2.75, 3.05) is 12.0 Å². The summed E-state index contributed by atoms with van der Waals surface area (Å²) < 4.78 is 0. The molecule has 2 rings (SSSR count). The van der Waals surface area contributed by atoms with E-state index in [9.17, 15) is 19.7 Å². The van der Waals surface area contributed by atoms with Gasteiger partial charge in [-0.1, -0.05) is 0 Å². The molecule has 1 aliphatic heterocycles. The molecule has 0 atom stereocenters. The maximum atomic E-state index is 11.5. The van der Waals surface area contributed by atoms with E-state index < -0.39 is 4.92 Å². The van der Waals surface area contributed by atoms with Crippen molar-refractivity contribution in [3.05, 3.63) is 34.4 Å². The summed E-state index contributed by atoms with van der Waals surface area (Å²) in [7, 11) is 0. The number of hydrogen-bond donors (Lipinski definition) is 1. The number of imide groups is 1. The van der Waals surface area contributed by atoms with Gasteiger partial charge in [0.05, 0.1) is 22.9 Å². The number of nitrogens with one attached hydrogen (secondary N) is 1. The van der Waals surface area contributed by atoms with Crippen LogP contribution in [0, 0.1) is 10.1 Å². The van der Waals surface area contributed by atoms with Crippen LogP contribution in [0.1, 0.15) is 19.8 Å². The van der Waals surface area contributed by atoms with Crippen LogP contribution in [0.5, 0.6) is 0 Å². The van der Waals surface area contributed by atoms with Crippen LogP contribution in [0.2, 0.25) is 0 Å². The van der Waals surface area contributed by atoms with Gasteiger partial charge in [0.1, 0.15) is 0 Å². The van der Waals surface area contributed by atoms with Crippen molar-refractivity contribution in [1.29, 1.82) is 0 Å². The number of amides is 2. The molecule has 2 amide bonds. The molecule has 1 heterocycles. The number of nitrogens with zero attached hydrogens (tertiary/aromatic N) is 3. The van der Waals surface area contributed by atoms with Crippen LogP contribution in [0.4, 0.5) is 11.4 Å². The molecular weight excluding hydrogens is 276 g/mol. The first-order chi connectivity index (χ1) is 9.97. The zero-order valence-electron chi connectivity index (χ0n) is 11.4. The molecule has 1 N–H and O–H groups in total. The zero-order valence-corrected chi connectivity index (χ0v) is 11.4. The fourth-order valence-corrected chi connectivity index (χ4v) is 1.88. The standard InChI is InChI=1S/C13H14N4O4/c1-9(8-16-12(18)6-7-13(16)19)14-15-10-2-4-11(5-3-10)17(20)21/h2-5,15H,6-8H2,1H3. The minimum Gasteiger partial charge on any atom is -0.279 e. The Kier molecular flexibility index (Phi) is 4.27. The summed E-state index contributed by atoms with van der Waals surface area (Å²) in [4.78, 5) is 34.1. The molecule has 0 saturated carbocycles. The number of benzene rings is 1.